The van der Waals surface area contributed by atoms with Crippen LogP contribution in [0, 0.1) is 18.3 Å². The van der Waals surface area contributed by atoms with Crippen molar-refractivity contribution in [2.75, 3.05) is 26.9 Å². The Morgan fingerprint density at radius 2 is 1.70 bits per heavy atom. The molecule has 3 N–H and O–H groups in total. The zero-order chi connectivity index (χ0) is 33.5. The molecular formula is C33H30Cl2N4O7. The Hall–Kier alpha value is -5.05. The third kappa shape index (κ3) is 7.42. The van der Waals surface area contributed by atoms with Gasteiger partial charge in [0, 0.05) is 22.7 Å². The summed E-state index contributed by atoms with van der Waals surface area (Å²) in [6.07, 6.45) is 0. The van der Waals surface area contributed by atoms with Crippen LogP contribution in [0.4, 0.5) is 0 Å². The van der Waals surface area contributed by atoms with Crippen LogP contribution in [0.5, 0.6) is 5.75 Å². The van der Waals surface area contributed by atoms with Crippen molar-refractivity contribution < 1.29 is 28.6 Å². The van der Waals surface area contributed by atoms with E-state index in [1.165, 1.54) is 13.2 Å². The van der Waals surface area contributed by atoms with Gasteiger partial charge in [0.15, 0.2) is 6.61 Å². The van der Waals surface area contributed by atoms with Crippen LogP contribution in [-0.4, -0.2) is 49.7 Å². The zero-order valence-corrected chi connectivity index (χ0v) is 26.9. The van der Waals surface area contributed by atoms with E-state index in [0.717, 1.165) is 0 Å². The summed E-state index contributed by atoms with van der Waals surface area (Å²) in [7, 11) is 1.24. The molecule has 13 heteroatoms. The van der Waals surface area contributed by atoms with Gasteiger partial charge in [0.2, 0.25) is 0 Å². The number of amides is 1. The quantitative estimate of drug-likeness (QED) is 0.207. The maximum atomic E-state index is 13.4. The number of aromatic amines is 1. The van der Waals surface area contributed by atoms with Crippen LogP contribution in [0.15, 0.2) is 75.9 Å². The first-order valence-corrected chi connectivity index (χ1v) is 14.7. The first-order valence-electron chi connectivity index (χ1n) is 14.0. The smallest absolute Gasteiger partial charge is 0.336 e. The molecule has 2 aromatic carbocycles. The molecule has 11 nitrogen and oxygen atoms in total. The highest BCUT2D eigenvalue weighted by atomic mass is 35.5. The summed E-state index contributed by atoms with van der Waals surface area (Å²) in [4.78, 5) is 53.2. The molecule has 0 radical (unpaired) electrons. The van der Waals surface area contributed by atoms with Gasteiger partial charge in [-0.1, -0.05) is 47.5 Å². The summed E-state index contributed by atoms with van der Waals surface area (Å²) < 4.78 is 16.1. The Kier molecular flexibility index (Phi) is 10.9. The first-order chi connectivity index (χ1) is 22.0. The van der Waals surface area contributed by atoms with Gasteiger partial charge in [-0.2, -0.15) is 5.26 Å². The van der Waals surface area contributed by atoms with E-state index < -0.39 is 29.3 Å². The molecule has 1 amide bonds. The molecule has 238 valence electrons. The third-order valence-corrected chi connectivity index (χ3v) is 8.04. The number of nitrogens with one attached hydrogen (secondary N) is 3. The zero-order valence-electron chi connectivity index (χ0n) is 25.4. The maximum absolute atomic E-state index is 13.4. The van der Waals surface area contributed by atoms with Crippen molar-refractivity contribution in [2.45, 2.75) is 26.7 Å². The minimum Gasteiger partial charge on any atom is -0.484 e. The number of H-pyrrole nitrogens is 1. The molecule has 0 saturated carbocycles. The number of halogens is 2. The van der Waals surface area contributed by atoms with E-state index in [0.29, 0.717) is 39.5 Å². The van der Waals surface area contributed by atoms with E-state index in [-0.39, 0.29) is 46.5 Å². The van der Waals surface area contributed by atoms with E-state index in [9.17, 15) is 24.4 Å². The third-order valence-electron chi connectivity index (χ3n) is 7.21. The van der Waals surface area contributed by atoms with Gasteiger partial charge < -0.3 is 29.8 Å². The number of methoxy groups -OCH3 is 1. The fourth-order valence-electron chi connectivity index (χ4n) is 5.07. The molecular weight excluding hydrogens is 635 g/mol. The topological polar surface area (TPSA) is 160 Å². The Bertz CT molecular complexity index is 1870. The number of nitrogens with zero attached hydrogens (tertiary/aromatic N) is 1. The van der Waals surface area contributed by atoms with Crippen LogP contribution >= 0.6 is 23.2 Å². The molecule has 1 aliphatic heterocycles. The number of carbonyl (C=O) groups excluding carboxylic acids is 3. The van der Waals surface area contributed by atoms with Crippen LogP contribution in [0.3, 0.4) is 0 Å². The van der Waals surface area contributed by atoms with Crippen LogP contribution in [0.1, 0.15) is 36.6 Å². The molecule has 1 atom stereocenters. The molecule has 1 unspecified atom stereocenters. The average molecular weight is 666 g/mol. The van der Waals surface area contributed by atoms with Crippen LogP contribution in [-0.2, 0) is 23.9 Å². The number of nitriles is 1. The average Bonchev–Trinajstić information content (AvgIpc) is 3.03. The molecule has 4 rings (SSSR count). The van der Waals surface area contributed by atoms with Gasteiger partial charge in [-0.05, 0) is 56.2 Å². The van der Waals surface area contributed by atoms with Crippen molar-refractivity contribution >= 4 is 41.0 Å². The highest BCUT2D eigenvalue weighted by molar-refractivity contribution is 6.42. The monoisotopic (exact) mass is 664 g/mol. The summed E-state index contributed by atoms with van der Waals surface area (Å²) in [6.45, 7) is 4.58. The van der Waals surface area contributed by atoms with E-state index in [1.807, 2.05) is 6.07 Å². The molecule has 0 bridgehead atoms. The molecule has 2 heterocycles. The van der Waals surface area contributed by atoms with Gasteiger partial charge in [0.25, 0.3) is 11.5 Å². The summed E-state index contributed by atoms with van der Waals surface area (Å²) in [5, 5.41) is 15.3. The lowest BCUT2D eigenvalue weighted by Crippen LogP contribution is -2.34. The van der Waals surface area contributed by atoms with Gasteiger partial charge in [0.05, 0.1) is 40.8 Å². The Labute approximate surface area is 274 Å². The molecule has 0 fully saturated rings. The number of pyridine rings is 1. The summed E-state index contributed by atoms with van der Waals surface area (Å²) in [5.41, 5.74) is 3.13. The number of aromatic nitrogens is 1. The van der Waals surface area contributed by atoms with Gasteiger partial charge in [-0.25, -0.2) is 9.59 Å². The van der Waals surface area contributed by atoms with Gasteiger partial charge >= 0.3 is 11.9 Å². The van der Waals surface area contributed by atoms with Crippen molar-refractivity contribution in [1.29, 1.82) is 5.26 Å². The Balaban J connectivity index is 1.38. The van der Waals surface area contributed by atoms with E-state index in [4.69, 9.17) is 37.4 Å². The van der Waals surface area contributed by atoms with Gasteiger partial charge in [-0.3, -0.25) is 9.59 Å². The Morgan fingerprint density at radius 3 is 2.39 bits per heavy atom. The SMILES string of the molecule is COC(=O)C1=C(C)NC(C)=C(C(=O)OCCNC(=O)COc2cccc(-c3cc(C#N)c(=O)[nH]c3C)c2)C1c1cccc(Cl)c1Cl. The lowest BCUT2D eigenvalue weighted by molar-refractivity contribution is -0.140. The summed E-state index contributed by atoms with van der Waals surface area (Å²) in [6, 6.07) is 15.2. The van der Waals surface area contributed by atoms with Crippen LogP contribution in [0.2, 0.25) is 10.0 Å². The number of esters is 2. The normalized spacial score (nSPS) is 14.2. The highest BCUT2D eigenvalue weighted by Crippen LogP contribution is 2.43. The van der Waals surface area contributed by atoms with E-state index in [2.05, 4.69) is 15.6 Å². The molecule has 0 aliphatic carbocycles. The molecule has 3 aromatic rings. The maximum Gasteiger partial charge on any atom is 0.336 e. The van der Waals surface area contributed by atoms with Gasteiger partial charge in [0.1, 0.15) is 24.0 Å². The highest BCUT2D eigenvalue weighted by Gasteiger charge is 2.39. The van der Waals surface area contributed by atoms with Crippen LogP contribution in [0.25, 0.3) is 11.1 Å². The first kappa shape index (κ1) is 33.8. The van der Waals surface area contributed by atoms with Crippen molar-refractivity contribution in [3.05, 3.63) is 108 Å². The molecule has 0 spiro atoms. The van der Waals surface area contributed by atoms with Crippen molar-refractivity contribution in [1.82, 2.24) is 15.6 Å². The fourth-order valence-corrected chi connectivity index (χ4v) is 5.49. The largest absolute Gasteiger partial charge is 0.484 e. The molecule has 1 aliphatic rings. The van der Waals surface area contributed by atoms with Crippen molar-refractivity contribution in [3.8, 4) is 22.9 Å². The van der Waals surface area contributed by atoms with Crippen LogP contribution < -0.4 is 20.9 Å². The second kappa shape index (κ2) is 14.8. The standard InChI is InChI=1S/C33H30Cl2N4O7/c1-17-24(14-21(15-36)31(41)39-17)20-7-5-8-22(13-20)46-16-26(40)37-11-12-45-33(43)28-19(3)38-18(2)27(32(42)44-4)29(28)23-9-6-10-25(34)30(23)35/h5-10,13-14,29,38H,11-12,16H2,1-4H3,(H,37,40)(H,39,41). The number of hydrogen-bond acceptors (Lipinski definition) is 9. The summed E-state index contributed by atoms with van der Waals surface area (Å²) in [5.74, 6) is -2.36. The minimum atomic E-state index is -0.919. The summed E-state index contributed by atoms with van der Waals surface area (Å²) >= 11 is 12.8. The molecule has 46 heavy (non-hydrogen) atoms. The number of ether oxygens (including phenoxy) is 3. The number of benzene rings is 2. The van der Waals surface area contributed by atoms with E-state index in [1.54, 1.807) is 63.2 Å². The second-order valence-corrected chi connectivity index (χ2v) is 11.0. The van der Waals surface area contributed by atoms with E-state index >= 15 is 0 Å². The predicted octanol–water partition coefficient (Wildman–Crippen LogP) is 4.68. The van der Waals surface area contributed by atoms with Crippen molar-refractivity contribution in [3.63, 3.8) is 0 Å². The number of allylic oxidation sites excluding steroid dienone is 2. The van der Waals surface area contributed by atoms with Gasteiger partial charge in [-0.15, -0.1) is 0 Å². The number of rotatable bonds is 10. The number of dihydropyridines is 1. The van der Waals surface area contributed by atoms with Crippen molar-refractivity contribution in [2.24, 2.45) is 0 Å². The number of hydrogen-bond donors (Lipinski definition) is 3. The lowest BCUT2D eigenvalue weighted by atomic mass is 9.80. The fraction of sp³-hybridized carbons (Fsp3) is 0.242. The number of aryl methyl sites for hydroxylation is 1. The second-order valence-electron chi connectivity index (χ2n) is 10.2. The molecule has 0 saturated heterocycles. The predicted molar refractivity (Wildman–Crippen MR) is 171 cm³/mol. The lowest BCUT2D eigenvalue weighted by Gasteiger charge is -2.30. The Morgan fingerprint density at radius 1 is 1.00 bits per heavy atom. The molecule has 1 aromatic heterocycles. The number of carbonyl (C=O) groups is 3. The minimum absolute atomic E-state index is 0.0114.